The maximum atomic E-state index is 12.7. The van der Waals surface area contributed by atoms with E-state index in [1.165, 1.54) is 24.6 Å². The molecule has 1 saturated carbocycles. The summed E-state index contributed by atoms with van der Waals surface area (Å²) in [5.41, 5.74) is 0.970. The summed E-state index contributed by atoms with van der Waals surface area (Å²) in [7, 11) is 0. The van der Waals surface area contributed by atoms with Gasteiger partial charge in [0.2, 0.25) is 5.91 Å². The number of carbonyl (C=O) groups excluding carboxylic acids is 1. The van der Waals surface area contributed by atoms with Crippen LogP contribution in [0, 0.1) is 0 Å². The number of thiophene rings is 1. The van der Waals surface area contributed by atoms with E-state index < -0.39 is 0 Å². The van der Waals surface area contributed by atoms with E-state index in [9.17, 15) is 4.79 Å². The molecule has 3 aromatic heterocycles. The Hall–Kier alpha value is -2.91. The summed E-state index contributed by atoms with van der Waals surface area (Å²) in [5.74, 6) is 1.71. The predicted molar refractivity (Wildman–Crippen MR) is 124 cm³/mol. The van der Waals surface area contributed by atoms with E-state index in [1.54, 1.807) is 17.5 Å². The first-order valence-electron chi connectivity index (χ1n) is 10.3. The van der Waals surface area contributed by atoms with Crippen molar-refractivity contribution in [1.29, 1.82) is 0 Å². The van der Waals surface area contributed by atoms with Gasteiger partial charge in [-0.1, -0.05) is 48.9 Å². The van der Waals surface area contributed by atoms with Crippen molar-refractivity contribution in [3.05, 3.63) is 60.1 Å². The molecule has 1 amide bonds. The van der Waals surface area contributed by atoms with Crippen molar-refractivity contribution in [1.82, 2.24) is 24.5 Å². The molecule has 1 N–H and O–H groups in total. The number of rotatable bonds is 7. The summed E-state index contributed by atoms with van der Waals surface area (Å²) >= 11 is 3.00. The van der Waals surface area contributed by atoms with Crippen molar-refractivity contribution in [2.24, 2.45) is 0 Å². The van der Waals surface area contributed by atoms with Crippen LogP contribution in [0.5, 0.6) is 0 Å². The molecule has 31 heavy (non-hydrogen) atoms. The zero-order chi connectivity index (χ0) is 21.0. The molecule has 0 radical (unpaired) electrons. The normalized spacial score (nSPS) is 14.2. The van der Waals surface area contributed by atoms with E-state index in [0.29, 0.717) is 11.2 Å². The molecule has 1 aliphatic rings. The average Bonchev–Trinajstić information content (AvgIpc) is 3.59. The number of para-hydroxylation sites is 1. The number of nitrogens with one attached hydrogen (secondary N) is 1. The van der Waals surface area contributed by atoms with Crippen LogP contribution in [0.4, 0.5) is 5.82 Å². The second-order valence-corrected chi connectivity index (χ2v) is 9.28. The third-order valence-electron chi connectivity index (χ3n) is 5.33. The molecular weight excluding hydrogens is 428 g/mol. The zero-order valence-corrected chi connectivity index (χ0v) is 18.5. The summed E-state index contributed by atoms with van der Waals surface area (Å²) in [6.07, 6.45) is 6.42. The lowest BCUT2D eigenvalue weighted by molar-refractivity contribution is -0.113. The Kier molecular flexibility index (Phi) is 5.86. The van der Waals surface area contributed by atoms with Gasteiger partial charge in [0.05, 0.1) is 22.9 Å². The van der Waals surface area contributed by atoms with Crippen LogP contribution in [0.1, 0.15) is 31.7 Å². The Labute approximate surface area is 188 Å². The lowest BCUT2D eigenvalue weighted by atomic mass is 10.2. The molecule has 0 atom stereocenters. The van der Waals surface area contributed by atoms with Crippen LogP contribution in [-0.4, -0.2) is 36.2 Å². The number of carbonyl (C=O) groups is 1. The van der Waals surface area contributed by atoms with E-state index in [1.807, 2.05) is 63.2 Å². The molecule has 0 spiro atoms. The first kappa shape index (κ1) is 20.0. The molecular formula is C22H22N6OS2. The molecule has 0 saturated heterocycles. The average molecular weight is 451 g/mol. The van der Waals surface area contributed by atoms with Gasteiger partial charge < -0.3 is 5.32 Å². The summed E-state index contributed by atoms with van der Waals surface area (Å²) < 4.78 is 3.96. The minimum Gasteiger partial charge on any atom is -0.310 e. The van der Waals surface area contributed by atoms with Crippen LogP contribution in [0.2, 0.25) is 0 Å². The third-order valence-corrected chi connectivity index (χ3v) is 7.12. The minimum atomic E-state index is -0.0787. The lowest BCUT2D eigenvalue weighted by Gasteiger charge is -2.14. The second-order valence-electron chi connectivity index (χ2n) is 7.39. The molecule has 1 fully saturated rings. The first-order valence-corrected chi connectivity index (χ1v) is 12.2. The summed E-state index contributed by atoms with van der Waals surface area (Å²) in [5, 5.41) is 18.9. The van der Waals surface area contributed by atoms with Crippen molar-refractivity contribution in [2.75, 3.05) is 11.1 Å². The molecule has 7 nitrogen and oxygen atoms in total. The number of thioether (sulfide) groups is 1. The van der Waals surface area contributed by atoms with Gasteiger partial charge in [0, 0.05) is 11.8 Å². The highest BCUT2D eigenvalue weighted by molar-refractivity contribution is 7.99. The third kappa shape index (κ3) is 4.28. The molecule has 158 valence electrons. The number of amides is 1. The fourth-order valence-corrected chi connectivity index (χ4v) is 5.35. The number of nitrogens with zero attached hydrogens (tertiary/aromatic N) is 5. The van der Waals surface area contributed by atoms with Gasteiger partial charge in [0.1, 0.15) is 5.82 Å². The molecule has 3 heterocycles. The van der Waals surface area contributed by atoms with Gasteiger partial charge >= 0.3 is 0 Å². The highest BCUT2D eigenvalue weighted by atomic mass is 32.2. The van der Waals surface area contributed by atoms with Crippen LogP contribution in [0.25, 0.3) is 16.4 Å². The molecule has 4 aromatic rings. The van der Waals surface area contributed by atoms with E-state index >= 15 is 0 Å². The quantitative estimate of drug-likeness (QED) is 0.399. The van der Waals surface area contributed by atoms with E-state index in [4.69, 9.17) is 0 Å². The van der Waals surface area contributed by atoms with Crippen molar-refractivity contribution in [2.45, 2.75) is 36.9 Å². The van der Waals surface area contributed by atoms with E-state index in [0.717, 1.165) is 35.0 Å². The van der Waals surface area contributed by atoms with Crippen LogP contribution in [0.15, 0.2) is 65.3 Å². The molecule has 1 aliphatic carbocycles. The van der Waals surface area contributed by atoms with Gasteiger partial charge in [-0.05, 0) is 36.4 Å². The van der Waals surface area contributed by atoms with Crippen LogP contribution >= 0.6 is 23.1 Å². The van der Waals surface area contributed by atoms with E-state index in [-0.39, 0.29) is 11.7 Å². The second kappa shape index (κ2) is 9.07. The van der Waals surface area contributed by atoms with Gasteiger partial charge in [-0.3, -0.25) is 9.36 Å². The lowest BCUT2D eigenvalue weighted by Crippen LogP contribution is -2.19. The fraction of sp³-hybridized carbons (Fsp3) is 0.273. The zero-order valence-electron chi connectivity index (χ0n) is 16.8. The standard InChI is InChI=1S/C22H22N6OS2/c29-20(24-19-12-13-23-28(19)17-9-4-5-10-17)15-31-22-26-25-21(18-11-6-14-30-18)27(22)16-7-2-1-3-8-16/h1-3,6-8,11-14,17H,4-5,9-10,15H2,(H,24,29). The van der Waals surface area contributed by atoms with Crippen LogP contribution in [-0.2, 0) is 4.79 Å². The molecule has 1 aromatic carbocycles. The maximum absolute atomic E-state index is 12.7. The van der Waals surface area contributed by atoms with Crippen molar-refractivity contribution in [3.63, 3.8) is 0 Å². The Balaban J connectivity index is 1.33. The van der Waals surface area contributed by atoms with Crippen molar-refractivity contribution in [3.8, 4) is 16.4 Å². The first-order chi connectivity index (χ1) is 15.3. The summed E-state index contributed by atoms with van der Waals surface area (Å²) in [6, 6.07) is 16.3. The van der Waals surface area contributed by atoms with Crippen LogP contribution < -0.4 is 5.32 Å². The Morgan fingerprint density at radius 2 is 1.94 bits per heavy atom. The summed E-state index contributed by atoms with van der Waals surface area (Å²) in [4.78, 5) is 13.7. The highest BCUT2D eigenvalue weighted by Crippen LogP contribution is 2.32. The van der Waals surface area contributed by atoms with E-state index in [2.05, 4.69) is 20.6 Å². The Morgan fingerprint density at radius 3 is 2.71 bits per heavy atom. The number of anilines is 1. The van der Waals surface area contributed by atoms with Crippen molar-refractivity contribution >= 4 is 34.8 Å². The molecule has 9 heteroatoms. The van der Waals surface area contributed by atoms with Gasteiger partial charge in [0.25, 0.3) is 0 Å². The highest BCUT2D eigenvalue weighted by Gasteiger charge is 2.21. The largest absolute Gasteiger partial charge is 0.310 e. The van der Waals surface area contributed by atoms with Crippen LogP contribution in [0.3, 0.4) is 0 Å². The SMILES string of the molecule is O=C(CSc1nnc(-c2cccs2)n1-c1ccccc1)Nc1ccnn1C1CCCC1. The number of benzene rings is 1. The smallest absolute Gasteiger partial charge is 0.235 e. The number of hydrogen-bond donors (Lipinski definition) is 1. The minimum absolute atomic E-state index is 0.0787. The topological polar surface area (TPSA) is 77.6 Å². The van der Waals surface area contributed by atoms with Gasteiger partial charge in [-0.2, -0.15) is 5.10 Å². The molecule has 0 unspecified atom stereocenters. The van der Waals surface area contributed by atoms with Gasteiger partial charge in [-0.25, -0.2) is 4.68 Å². The molecule has 5 rings (SSSR count). The van der Waals surface area contributed by atoms with Gasteiger partial charge in [-0.15, -0.1) is 21.5 Å². The Bertz CT molecular complexity index is 1150. The number of aromatic nitrogens is 5. The fourth-order valence-electron chi connectivity index (χ4n) is 3.90. The monoisotopic (exact) mass is 450 g/mol. The Morgan fingerprint density at radius 1 is 1.10 bits per heavy atom. The summed E-state index contributed by atoms with van der Waals surface area (Å²) in [6.45, 7) is 0. The number of hydrogen-bond acceptors (Lipinski definition) is 6. The predicted octanol–water partition coefficient (Wildman–Crippen LogP) is 5.04. The van der Waals surface area contributed by atoms with Gasteiger partial charge in [0.15, 0.2) is 11.0 Å². The molecule has 0 bridgehead atoms. The maximum Gasteiger partial charge on any atom is 0.235 e. The van der Waals surface area contributed by atoms with Crippen molar-refractivity contribution < 1.29 is 4.79 Å². The molecule has 0 aliphatic heterocycles.